The van der Waals surface area contributed by atoms with Crippen molar-refractivity contribution in [2.75, 3.05) is 19.3 Å². The number of piperidine rings is 1. The highest BCUT2D eigenvalue weighted by Gasteiger charge is 2.19. The number of hydrogen-bond acceptors (Lipinski definition) is 3. The maximum atomic E-state index is 11.4. The first kappa shape index (κ1) is 14.0. The van der Waals surface area contributed by atoms with Crippen LogP contribution < -0.4 is 0 Å². The topological polar surface area (TPSA) is 37.4 Å². The molecule has 1 saturated heterocycles. The monoisotopic (exact) mass is 331 g/mol. The van der Waals surface area contributed by atoms with Crippen LogP contribution in [0.15, 0.2) is 29.2 Å². The Balaban J connectivity index is 2.13. The van der Waals surface area contributed by atoms with E-state index in [0.717, 1.165) is 18.7 Å². The molecule has 1 fully saturated rings. The molecule has 0 bridgehead atoms. The van der Waals surface area contributed by atoms with Crippen molar-refractivity contribution in [2.45, 2.75) is 29.1 Å². The minimum atomic E-state index is -3.10. The molecule has 0 amide bonds. The van der Waals surface area contributed by atoms with Crippen molar-refractivity contribution in [2.24, 2.45) is 0 Å². The molecule has 0 spiro atoms. The average molecular weight is 332 g/mol. The Labute approximate surface area is 117 Å². The molecular weight excluding hydrogens is 314 g/mol. The van der Waals surface area contributed by atoms with Crippen molar-refractivity contribution in [1.29, 1.82) is 0 Å². The van der Waals surface area contributed by atoms with Crippen LogP contribution in [-0.2, 0) is 9.84 Å². The standard InChI is InChI=1S/C13H18BrNO2S/c1-18(16,17)12-7-5-11(6-8-12)13(14)15-9-3-2-4-10-15/h5-8,13H,2-4,9-10H2,1H3. The summed E-state index contributed by atoms with van der Waals surface area (Å²) in [5.74, 6) is 0. The summed E-state index contributed by atoms with van der Waals surface area (Å²) in [6.07, 6.45) is 5.02. The van der Waals surface area contributed by atoms with Gasteiger partial charge in [-0.3, -0.25) is 4.90 Å². The summed E-state index contributed by atoms with van der Waals surface area (Å²) in [7, 11) is -3.10. The predicted molar refractivity (Wildman–Crippen MR) is 76.6 cm³/mol. The van der Waals surface area contributed by atoms with Crippen molar-refractivity contribution >= 4 is 25.8 Å². The van der Waals surface area contributed by atoms with E-state index in [-0.39, 0.29) is 4.95 Å². The summed E-state index contributed by atoms with van der Waals surface area (Å²) >= 11 is 3.70. The van der Waals surface area contributed by atoms with E-state index in [1.165, 1.54) is 25.5 Å². The Morgan fingerprint density at radius 2 is 1.67 bits per heavy atom. The molecule has 1 aromatic rings. The van der Waals surface area contributed by atoms with E-state index in [1.807, 2.05) is 12.1 Å². The Morgan fingerprint density at radius 3 is 2.17 bits per heavy atom. The van der Waals surface area contributed by atoms with E-state index in [0.29, 0.717) is 4.90 Å². The Hall–Kier alpha value is -0.390. The van der Waals surface area contributed by atoms with Crippen molar-refractivity contribution in [1.82, 2.24) is 4.90 Å². The minimum Gasteiger partial charge on any atom is -0.287 e. The first-order chi connectivity index (χ1) is 8.48. The highest BCUT2D eigenvalue weighted by Crippen LogP contribution is 2.30. The largest absolute Gasteiger partial charge is 0.287 e. The van der Waals surface area contributed by atoms with Crippen molar-refractivity contribution in [3.8, 4) is 0 Å². The van der Waals surface area contributed by atoms with Gasteiger partial charge < -0.3 is 0 Å². The summed E-state index contributed by atoms with van der Waals surface area (Å²) in [6.45, 7) is 2.20. The SMILES string of the molecule is CS(=O)(=O)c1ccc(C(Br)N2CCCCC2)cc1. The minimum absolute atomic E-state index is 0.186. The lowest BCUT2D eigenvalue weighted by Gasteiger charge is -2.31. The van der Waals surface area contributed by atoms with Gasteiger partial charge in [-0.05, 0) is 43.6 Å². The quantitative estimate of drug-likeness (QED) is 0.631. The Bertz CT molecular complexity index is 492. The van der Waals surface area contributed by atoms with Crippen LogP contribution in [0.4, 0.5) is 0 Å². The van der Waals surface area contributed by atoms with Crippen LogP contribution in [-0.4, -0.2) is 32.7 Å². The second-order valence-electron chi connectivity index (χ2n) is 4.77. The number of rotatable bonds is 3. The van der Waals surface area contributed by atoms with Gasteiger partial charge >= 0.3 is 0 Å². The molecule has 5 heteroatoms. The third-order valence-corrected chi connectivity index (χ3v) is 5.53. The van der Waals surface area contributed by atoms with E-state index < -0.39 is 9.84 Å². The molecule has 18 heavy (non-hydrogen) atoms. The zero-order valence-corrected chi connectivity index (χ0v) is 12.9. The molecular formula is C13H18BrNO2S. The van der Waals surface area contributed by atoms with Gasteiger partial charge in [0.2, 0.25) is 0 Å². The normalized spacial score (nSPS) is 19.7. The molecule has 1 heterocycles. The summed E-state index contributed by atoms with van der Waals surface area (Å²) in [6, 6.07) is 7.15. The smallest absolute Gasteiger partial charge is 0.175 e. The first-order valence-electron chi connectivity index (χ1n) is 6.16. The zero-order valence-electron chi connectivity index (χ0n) is 10.5. The van der Waals surface area contributed by atoms with Crippen LogP contribution in [0.2, 0.25) is 0 Å². The number of likely N-dealkylation sites (tertiary alicyclic amines) is 1. The number of nitrogens with zero attached hydrogens (tertiary/aromatic N) is 1. The average Bonchev–Trinajstić information content (AvgIpc) is 2.38. The second-order valence-corrected chi connectivity index (χ2v) is 7.66. The fourth-order valence-electron chi connectivity index (χ4n) is 2.23. The molecule has 1 aliphatic heterocycles. The Kier molecular flexibility index (Phi) is 4.45. The molecule has 0 N–H and O–H groups in total. The van der Waals surface area contributed by atoms with Crippen LogP contribution in [0.5, 0.6) is 0 Å². The third-order valence-electron chi connectivity index (χ3n) is 3.29. The van der Waals surface area contributed by atoms with Crippen molar-refractivity contribution in [3.63, 3.8) is 0 Å². The number of sulfone groups is 1. The number of alkyl halides is 1. The highest BCUT2D eigenvalue weighted by atomic mass is 79.9. The maximum Gasteiger partial charge on any atom is 0.175 e. The predicted octanol–water partition coefficient (Wildman–Crippen LogP) is 2.97. The van der Waals surface area contributed by atoms with E-state index >= 15 is 0 Å². The summed E-state index contributed by atoms with van der Waals surface area (Å²) in [4.78, 5) is 2.95. The van der Waals surface area contributed by atoms with Crippen molar-refractivity contribution in [3.05, 3.63) is 29.8 Å². The van der Waals surface area contributed by atoms with Gasteiger partial charge in [-0.25, -0.2) is 8.42 Å². The van der Waals surface area contributed by atoms with Crippen LogP contribution in [0, 0.1) is 0 Å². The Morgan fingerprint density at radius 1 is 1.11 bits per heavy atom. The number of halogens is 1. The molecule has 2 rings (SSSR count). The van der Waals surface area contributed by atoms with Gasteiger partial charge in [-0.2, -0.15) is 0 Å². The van der Waals surface area contributed by atoms with Gasteiger partial charge in [0.25, 0.3) is 0 Å². The zero-order chi connectivity index (χ0) is 13.2. The van der Waals surface area contributed by atoms with Crippen molar-refractivity contribution < 1.29 is 8.42 Å². The van der Waals surface area contributed by atoms with Gasteiger partial charge in [-0.1, -0.05) is 34.5 Å². The van der Waals surface area contributed by atoms with Gasteiger partial charge in [0, 0.05) is 6.26 Å². The number of benzene rings is 1. The molecule has 0 saturated carbocycles. The van der Waals surface area contributed by atoms with Crippen LogP contribution in [0.3, 0.4) is 0 Å². The molecule has 100 valence electrons. The second kappa shape index (κ2) is 5.72. The summed E-state index contributed by atoms with van der Waals surface area (Å²) in [5.41, 5.74) is 1.12. The molecule has 0 aliphatic carbocycles. The molecule has 1 aliphatic rings. The van der Waals surface area contributed by atoms with Gasteiger partial charge in [0.05, 0.1) is 9.85 Å². The molecule has 1 atom stereocenters. The molecule has 1 aromatic carbocycles. The third kappa shape index (κ3) is 3.33. The van der Waals surface area contributed by atoms with E-state index in [4.69, 9.17) is 0 Å². The van der Waals surface area contributed by atoms with E-state index in [2.05, 4.69) is 20.8 Å². The van der Waals surface area contributed by atoms with Crippen LogP contribution >= 0.6 is 15.9 Å². The summed E-state index contributed by atoms with van der Waals surface area (Å²) < 4.78 is 22.8. The molecule has 3 nitrogen and oxygen atoms in total. The maximum absolute atomic E-state index is 11.4. The van der Waals surface area contributed by atoms with Crippen LogP contribution in [0.1, 0.15) is 29.8 Å². The molecule has 0 aromatic heterocycles. The fourth-order valence-corrected chi connectivity index (χ4v) is 3.57. The lowest BCUT2D eigenvalue weighted by Crippen LogP contribution is -2.30. The van der Waals surface area contributed by atoms with Gasteiger partial charge in [0.15, 0.2) is 9.84 Å². The van der Waals surface area contributed by atoms with Gasteiger partial charge in [-0.15, -0.1) is 0 Å². The lowest BCUT2D eigenvalue weighted by molar-refractivity contribution is 0.218. The van der Waals surface area contributed by atoms with E-state index in [9.17, 15) is 8.42 Å². The fraction of sp³-hybridized carbons (Fsp3) is 0.538. The molecule has 0 radical (unpaired) electrons. The van der Waals surface area contributed by atoms with Crippen LogP contribution in [0.25, 0.3) is 0 Å². The first-order valence-corrected chi connectivity index (χ1v) is 8.97. The van der Waals surface area contributed by atoms with E-state index in [1.54, 1.807) is 12.1 Å². The highest BCUT2D eigenvalue weighted by molar-refractivity contribution is 9.09. The summed E-state index contributed by atoms with van der Waals surface area (Å²) in [5, 5.41) is 0. The molecule has 1 unspecified atom stereocenters. The number of hydrogen-bond donors (Lipinski definition) is 0. The van der Waals surface area contributed by atoms with Gasteiger partial charge in [0.1, 0.15) is 0 Å². The lowest BCUT2D eigenvalue weighted by atomic mass is 10.1.